The average Bonchev–Trinajstić information content (AvgIpc) is 2.77. The third kappa shape index (κ3) is 1.86. The van der Waals surface area contributed by atoms with Gasteiger partial charge in [0.15, 0.2) is 6.29 Å². The lowest BCUT2D eigenvalue weighted by Gasteiger charge is -2.05. The molecule has 0 radical (unpaired) electrons. The maximum absolute atomic E-state index is 10.6. The van der Waals surface area contributed by atoms with E-state index in [4.69, 9.17) is 11.6 Å². The highest BCUT2D eigenvalue weighted by molar-refractivity contribution is 6.33. The van der Waals surface area contributed by atoms with Gasteiger partial charge in [0.05, 0.1) is 10.7 Å². The van der Waals surface area contributed by atoms with Gasteiger partial charge in [-0.1, -0.05) is 17.7 Å². The van der Waals surface area contributed by atoms with Crippen LogP contribution in [-0.4, -0.2) is 16.1 Å². The molecule has 0 atom stereocenters. The van der Waals surface area contributed by atoms with Gasteiger partial charge in [-0.2, -0.15) is 5.10 Å². The number of carbonyl (C=O) groups is 1. The van der Waals surface area contributed by atoms with Gasteiger partial charge in [0.1, 0.15) is 0 Å². The highest BCUT2D eigenvalue weighted by Crippen LogP contribution is 2.24. The minimum atomic E-state index is 0.469. The Hall–Kier alpha value is -1.61. The summed E-state index contributed by atoms with van der Waals surface area (Å²) >= 11 is 5.98. The third-order valence-electron chi connectivity index (χ3n) is 2.44. The van der Waals surface area contributed by atoms with Crippen LogP contribution >= 0.6 is 11.6 Å². The van der Waals surface area contributed by atoms with E-state index < -0.39 is 0 Å². The van der Waals surface area contributed by atoms with E-state index in [-0.39, 0.29) is 0 Å². The van der Waals surface area contributed by atoms with Crippen molar-refractivity contribution < 1.29 is 4.79 Å². The van der Waals surface area contributed by atoms with Gasteiger partial charge in [-0.3, -0.25) is 9.48 Å². The zero-order chi connectivity index (χ0) is 11.5. The van der Waals surface area contributed by atoms with Crippen molar-refractivity contribution >= 4 is 17.9 Å². The van der Waals surface area contributed by atoms with E-state index in [1.807, 2.05) is 23.7 Å². The first-order valence-electron chi connectivity index (χ1n) is 5.03. The molecule has 0 aliphatic rings. The van der Waals surface area contributed by atoms with Crippen LogP contribution in [0.2, 0.25) is 5.02 Å². The molecule has 0 spiro atoms. The quantitative estimate of drug-likeness (QED) is 0.766. The number of carbonyl (C=O) groups excluding carboxylic acids is 1. The summed E-state index contributed by atoms with van der Waals surface area (Å²) in [5.41, 5.74) is 2.48. The molecule has 1 aromatic carbocycles. The largest absolute Gasteiger partial charge is 0.298 e. The Morgan fingerprint density at radius 1 is 1.44 bits per heavy atom. The molecule has 1 heterocycles. The lowest BCUT2D eigenvalue weighted by molar-refractivity contribution is 0.112. The van der Waals surface area contributed by atoms with E-state index in [0.29, 0.717) is 10.6 Å². The third-order valence-corrected chi connectivity index (χ3v) is 2.77. The number of rotatable bonds is 3. The fraction of sp³-hybridized carbons (Fsp3) is 0.167. The van der Waals surface area contributed by atoms with Gasteiger partial charge in [0.2, 0.25) is 0 Å². The number of aryl methyl sites for hydroxylation is 1. The van der Waals surface area contributed by atoms with Gasteiger partial charge in [0.25, 0.3) is 0 Å². The zero-order valence-corrected chi connectivity index (χ0v) is 9.61. The maximum Gasteiger partial charge on any atom is 0.151 e. The maximum atomic E-state index is 10.6. The first-order valence-corrected chi connectivity index (χ1v) is 5.41. The van der Waals surface area contributed by atoms with Crippen LogP contribution in [0.4, 0.5) is 0 Å². The molecule has 0 unspecified atom stereocenters. The fourth-order valence-corrected chi connectivity index (χ4v) is 1.84. The monoisotopic (exact) mass is 234 g/mol. The molecule has 82 valence electrons. The van der Waals surface area contributed by atoms with Crippen LogP contribution in [0.1, 0.15) is 17.3 Å². The van der Waals surface area contributed by atoms with Crippen LogP contribution in [0.25, 0.3) is 11.3 Å². The van der Waals surface area contributed by atoms with Gasteiger partial charge < -0.3 is 0 Å². The number of aromatic nitrogens is 2. The van der Waals surface area contributed by atoms with Crippen molar-refractivity contribution in [2.75, 3.05) is 0 Å². The first kappa shape index (κ1) is 10.9. The van der Waals surface area contributed by atoms with Gasteiger partial charge in [0, 0.05) is 23.9 Å². The van der Waals surface area contributed by atoms with Crippen molar-refractivity contribution in [2.24, 2.45) is 0 Å². The Bertz CT molecular complexity index is 519. The molecule has 2 aromatic rings. The summed E-state index contributed by atoms with van der Waals surface area (Å²) in [5, 5.41) is 4.66. The molecule has 3 nitrogen and oxygen atoms in total. The zero-order valence-electron chi connectivity index (χ0n) is 8.85. The molecule has 0 aliphatic carbocycles. The Balaban J connectivity index is 2.49. The molecule has 0 amide bonds. The lowest BCUT2D eigenvalue weighted by atomic mass is 10.1. The Morgan fingerprint density at radius 3 is 2.88 bits per heavy atom. The van der Waals surface area contributed by atoms with Gasteiger partial charge >= 0.3 is 0 Å². The molecule has 0 aliphatic heterocycles. The van der Waals surface area contributed by atoms with Crippen molar-refractivity contribution in [3.8, 4) is 11.3 Å². The molecule has 16 heavy (non-hydrogen) atoms. The summed E-state index contributed by atoms with van der Waals surface area (Å²) in [4.78, 5) is 10.6. The molecule has 0 fully saturated rings. The fourth-order valence-electron chi connectivity index (χ4n) is 1.61. The second-order valence-corrected chi connectivity index (χ2v) is 3.79. The molecular weight excluding hydrogens is 224 g/mol. The number of halogens is 1. The van der Waals surface area contributed by atoms with Crippen molar-refractivity contribution in [1.82, 2.24) is 9.78 Å². The summed E-state index contributed by atoms with van der Waals surface area (Å²) in [6.07, 6.45) is 2.50. The standard InChI is InChI=1S/C12H11ClN2O/c1-2-15-12(5-6-14-15)9-3-4-10(8-16)11(13)7-9/h3-8H,2H2,1H3. The van der Waals surface area contributed by atoms with Crippen LogP contribution in [0.5, 0.6) is 0 Å². The Labute approximate surface area is 98.7 Å². The number of hydrogen-bond donors (Lipinski definition) is 0. The van der Waals surface area contributed by atoms with Crippen LogP contribution in [0.15, 0.2) is 30.5 Å². The van der Waals surface area contributed by atoms with E-state index >= 15 is 0 Å². The number of hydrogen-bond acceptors (Lipinski definition) is 2. The van der Waals surface area contributed by atoms with E-state index in [1.165, 1.54) is 0 Å². The highest BCUT2D eigenvalue weighted by Gasteiger charge is 2.06. The van der Waals surface area contributed by atoms with Crippen molar-refractivity contribution in [3.05, 3.63) is 41.0 Å². The summed E-state index contributed by atoms with van der Waals surface area (Å²) in [6.45, 7) is 2.83. The Morgan fingerprint density at radius 2 is 2.25 bits per heavy atom. The molecule has 2 rings (SSSR count). The topological polar surface area (TPSA) is 34.9 Å². The second-order valence-electron chi connectivity index (χ2n) is 3.39. The van der Waals surface area contributed by atoms with Crippen molar-refractivity contribution in [2.45, 2.75) is 13.5 Å². The molecular formula is C12H11ClN2O. The second kappa shape index (κ2) is 4.49. The number of benzene rings is 1. The van der Waals surface area contributed by atoms with Gasteiger partial charge in [-0.05, 0) is 25.1 Å². The molecule has 0 saturated heterocycles. The lowest BCUT2D eigenvalue weighted by Crippen LogP contribution is -1.98. The number of aldehydes is 1. The predicted octanol–water partition coefficient (Wildman–Crippen LogP) is 3.04. The first-order chi connectivity index (χ1) is 7.76. The van der Waals surface area contributed by atoms with Crippen LogP contribution < -0.4 is 0 Å². The smallest absolute Gasteiger partial charge is 0.151 e. The highest BCUT2D eigenvalue weighted by atomic mass is 35.5. The van der Waals surface area contributed by atoms with Gasteiger partial charge in [-0.15, -0.1) is 0 Å². The predicted molar refractivity (Wildman–Crippen MR) is 63.7 cm³/mol. The molecule has 1 aromatic heterocycles. The summed E-state index contributed by atoms with van der Waals surface area (Å²) < 4.78 is 1.88. The van der Waals surface area contributed by atoms with Crippen molar-refractivity contribution in [3.63, 3.8) is 0 Å². The number of nitrogens with zero attached hydrogens (tertiary/aromatic N) is 2. The minimum Gasteiger partial charge on any atom is -0.298 e. The minimum absolute atomic E-state index is 0.469. The van der Waals surface area contributed by atoms with E-state index in [0.717, 1.165) is 24.1 Å². The van der Waals surface area contributed by atoms with Crippen molar-refractivity contribution in [1.29, 1.82) is 0 Å². The van der Waals surface area contributed by atoms with E-state index in [9.17, 15) is 4.79 Å². The average molecular weight is 235 g/mol. The summed E-state index contributed by atoms with van der Waals surface area (Å²) in [5.74, 6) is 0. The molecule has 4 heteroatoms. The SMILES string of the molecule is CCn1nccc1-c1ccc(C=O)c(Cl)c1. The molecule has 0 bridgehead atoms. The van der Waals surface area contributed by atoms with Crippen LogP contribution in [-0.2, 0) is 6.54 Å². The molecule has 0 N–H and O–H groups in total. The summed E-state index contributed by atoms with van der Waals surface area (Å²) in [7, 11) is 0. The Kier molecular flexibility index (Phi) is 3.06. The van der Waals surface area contributed by atoms with E-state index in [1.54, 1.807) is 18.3 Å². The normalized spacial score (nSPS) is 10.4. The summed E-state index contributed by atoms with van der Waals surface area (Å²) in [6, 6.07) is 7.31. The van der Waals surface area contributed by atoms with Crippen LogP contribution in [0, 0.1) is 0 Å². The van der Waals surface area contributed by atoms with Crippen LogP contribution in [0.3, 0.4) is 0 Å². The van der Waals surface area contributed by atoms with Gasteiger partial charge in [-0.25, -0.2) is 0 Å². The van der Waals surface area contributed by atoms with E-state index in [2.05, 4.69) is 5.10 Å². The molecule has 0 saturated carbocycles.